The van der Waals surface area contributed by atoms with E-state index in [1.165, 1.54) is 0 Å². The van der Waals surface area contributed by atoms with Crippen molar-refractivity contribution in [3.63, 3.8) is 0 Å². The van der Waals surface area contributed by atoms with Crippen molar-refractivity contribution in [2.24, 2.45) is 0 Å². The van der Waals surface area contributed by atoms with Crippen molar-refractivity contribution < 1.29 is 14.3 Å². The molecule has 1 fully saturated rings. The molecular weight excluding hydrogens is 342 g/mol. The average Bonchev–Trinajstić information content (AvgIpc) is 3.23. The first kappa shape index (κ1) is 18.9. The lowest BCUT2D eigenvalue weighted by Crippen LogP contribution is -2.40. The zero-order valence-corrected chi connectivity index (χ0v) is 15.7. The number of carbonyl (C=O) groups is 2. The largest absolute Gasteiger partial charge is 0.495 e. The lowest BCUT2D eigenvalue weighted by Gasteiger charge is -2.22. The molecular formula is C21H25N3O3. The Hall–Kier alpha value is -2.86. The van der Waals surface area contributed by atoms with Crippen molar-refractivity contribution in [3.05, 3.63) is 54.1 Å². The van der Waals surface area contributed by atoms with E-state index in [0.717, 1.165) is 25.9 Å². The maximum absolute atomic E-state index is 12.4. The number of nitrogens with zero attached hydrogens (tertiary/aromatic N) is 1. The molecule has 0 radical (unpaired) electrons. The number of amides is 2. The summed E-state index contributed by atoms with van der Waals surface area (Å²) >= 11 is 0. The van der Waals surface area contributed by atoms with Crippen LogP contribution in [-0.4, -0.2) is 43.0 Å². The van der Waals surface area contributed by atoms with Crippen LogP contribution in [0, 0.1) is 0 Å². The standard InChI is InChI=1S/C21H25N3O3/c1-15(24-13-5-6-14-24)20(25)22-17-11-9-16(10-12-17)21(26)23-18-7-3-4-8-19(18)27-2/h3-4,7-12,15H,5-6,13-14H2,1-2H3,(H,22,25)(H,23,26)/t15-/m0/s1. The second-order valence-corrected chi connectivity index (χ2v) is 6.64. The van der Waals surface area contributed by atoms with Gasteiger partial charge in [-0.05, 0) is 69.3 Å². The molecule has 1 atom stereocenters. The first-order valence-electron chi connectivity index (χ1n) is 9.18. The molecule has 27 heavy (non-hydrogen) atoms. The third-order valence-corrected chi connectivity index (χ3v) is 4.84. The normalized spacial score (nSPS) is 15.2. The van der Waals surface area contributed by atoms with Gasteiger partial charge in [0, 0.05) is 11.3 Å². The Balaban J connectivity index is 1.61. The molecule has 0 aromatic heterocycles. The Morgan fingerprint density at radius 1 is 1.00 bits per heavy atom. The minimum absolute atomic E-state index is 0.0249. The predicted octanol–water partition coefficient (Wildman–Crippen LogP) is 3.37. The van der Waals surface area contributed by atoms with Crippen LogP contribution in [0.5, 0.6) is 5.75 Å². The fourth-order valence-electron chi connectivity index (χ4n) is 3.19. The molecule has 0 unspecified atom stereocenters. The van der Waals surface area contributed by atoms with Gasteiger partial charge in [-0.1, -0.05) is 12.1 Å². The number of ether oxygens (including phenoxy) is 1. The van der Waals surface area contributed by atoms with Gasteiger partial charge in [0.15, 0.2) is 0 Å². The molecule has 1 aliphatic heterocycles. The quantitative estimate of drug-likeness (QED) is 0.821. The van der Waals surface area contributed by atoms with Crippen LogP contribution in [-0.2, 0) is 4.79 Å². The Bertz CT molecular complexity index is 799. The van der Waals surface area contributed by atoms with E-state index in [9.17, 15) is 9.59 Å². The van der Waals surface area contributed by atoms with Gasteiger partial charge in [-0.3, -0.25) is 14.5 Å². The molecule has 0 bridgehead atoms. The summed E-state index contributed by atoms with van der Waals surface area (Å²) in [6, 6.07) is 14.0. The molecule has 6 heteroatoms. The summed E-state index contributed by atoms with van der Waals surface area (Å²) in [6.45, 7) is 3.86. The van der Waals surface area contributed by atoms with Crippen molar-refractivity contribution in [3.8, 4) is 5.75 Å². The molecule has 2 aromatic carbocycles. The molecule has 0 spiro atoms. The van der Waals surface area contributed by atoms with E-state index in [4.69, 9.17) is 4.74 Å². The maximum Gasteiger partial charge on any atom is 0.255 e. The number of nitrogens with one attached hydrogen (secondary N) is 2. The first-order valence-corrected chi connectivity index (χ1v) is 9.18. The number of para-hydroxylation sites is 2. The number of benzene rings is 2. The van der Waals surface area contributed by atoms with Gasteiger partial charge < -0.3 is 15.4 Å². The molecule has 2 amide bonds. The summed E-state index contributed by atoms with van der Waals surface area (Å²) in [5.74, 6) is 0.344. The molecule has 6 nitrogen and oxygen atoms in total. The zero-order valence-electron chi connectivity index (χ0n) is 15.7. The minimum Gasteiger partial charge on any atom is -0.495 e. The number of carbonyl (C=O) groups excluding carboxylic acids is 2. The summed E-state index contributed by atoms with van der Waals surface area (Å²) in [5, 5.41) is 5.76. The summed E-state index contributed by atoms with van der Waals surface area (Å²) in [4.78, 5) is 27.0. The Labute approximate surface area is 159 Å². The number of hydrogen-bond donors (Lipinski definition) is 2. The fraction of sp³-hybridized carbons (Fsp3) is 0.333. The van der Waals surface area contributed by atoms with Crippen LogP contribution in [0.25, 0.3) is 0 Å². The van der Waals surface area contributed by atoms with Crippen LogP contribution in [0.2, 0.25) is 0 Å². The van der Waals surface area contributed by atoms with E-state index < -0.39 is 0 Å². The lowest BCUT2D eigenvalue weighted by atomic mass is 10.1. The summed E-state index contributed by atoms with van der Waals surface area (Å²) in [7, 11) is 1.56. The smallest absolute Gasteiger partial charge is 0.255 e. The van der Waals surface area contributed by atoms with Gasteiger partial charge >= 0.3 is 0 Å². The van der Waals surface area contributed by atoms with Gasteiger partial charge in [-0.25, -0.2) is 0 Å². The molecule has 0 saturated carbocycles. The van der Waals surface area contributed by atoms with Gasteiger partial charge in [0.1, 0.15) is 5.75 Å². The van der Waals surface area contributed by atoms with E-state index in [1.54, 1.807) is 43.5 Å². The number of anilines is 2. The van der Waals surface area contributed by atoms with Crippen LogP contribution >= 0.6 is 0 Å². The monoisotopic (exact) mass is 367 g/mol. The second-order valence-electron chi connectivity index (χ2n) is 6.64. The van der Waals surface area contributed by atoms with Crippen molar-refractivity contribution in [2.45, 2.75) is 25.8 Å². The molecule has 0 aliphatic carbocycles. The maximum atomic E-state index is 12.4. The van der Waals surface area contributed by atoms with Crippen LogP contribution < -0.4 is 15.4 Å². The van der Waals surface area contributed by atoms with E-state index in [-0.39, 0.29) is 17.9 Å². The molecule has 1 saturated heterocycles. The highest BCUT2D eigenvalue weighted by Gasteiger charge is 2.23. The Kier molecular flexibility index (Phi) is 6.08. The van der Waals surface area contributed by atoms with Gasteiger partial charge in [-0.15, -0.1) is 0 Å². The third-order valence-electron chi connectivity index (χ3n) is 4.84. The van der Waals surface area contributed by atoms with E-state index in [1.807, 2.05) is 19.1 Å². The van der Waals surface area contributed by atoms with Crippen LogP contribution in [0.4, 0.5) is 11.4 Å². The van der Waals surface area contributed by atoms with Crippen LogP contribution in [0.1, 0.15) is 30.1 Å². The molecule has 3 rings (SSSR count). The zero-order chi connectivity index (χ0) is 19.2. The van der Waals surface area contributed by atoms with Gasteiger partial charge in [0.25, 0.3) is 5.91 Å². The molecule has 2 aromatic rings. The summed E-state index contributed by atoms with van der Waals surface area (Å²) in [6.07, 6.45) is 2.29. The van der Waals surface area contributed by atoms with Crippen LogP contribution in [0.3, 0.4) is 0 Å². The van der Waals surface area contributed by atoms with E-state index >= 15 is 0 Å². The fourth-order valence-corrected chi connectivity index (χ4v) is 3.19. The molecule has 142 valence electrons. The highest BCUT2D eigenvalue weighted by molar-refractivity contribution is 6.05. The van der Waals surface area contributed by atoms with E-state index in [0.29, 0.717) is 22.7 Å². The lowest BCUT2D eigenvalue weighted by molar-refractivity contribution is -0.120. The van der Waals surface area contributed by atoms with Gasteiger partial charge in [0.2, 0.25) is 5.91 Å². The highest BCUT2D eigenvalue weighted by atomic mass is 16.5. The topological polar surface area (TPSA) is 70.7 Å². The van der Waals surface area contributed by atoms with Crippen molar-refractivity contribution in [1.29, 1.82) is 0 Å². The summed E-state index contributed by atoms with van der Waals surface area (Å²) in [5.41, 5.74) is 1.80. The Morgan fingerprint density at radius 3 is 2.33 bits per heavy atom. The Morgan fingerprint density at radius 2 is 1.67 bits per heavy atom. The molecule has 1 heterocycles. The number of hydrogen-bond acceptors (Lipinski definition) is 4. The first-order chi connectivity index (χ1) is 13.1. The van der Waals surface area contributed by atoms with Crippen molar-refractivity contribution >= 4 is 23.2 Å². The SMILES string of the molecule is COc1ccccc1NC(=O)c1ccc(NC(=O)[C@H](C)N2CCCC2)cc1. The minimum atomic E-state index is -0.234. The van der Waals surface area contributed by atoms with Crippen LogP contribution in [0.15, 0.2) is 48.5 Å². The summed E-state index contributed by atoms with van der Waals surface area (Å²) < 4.78 is 5.24. The van der Waals surface area contributed by atoms with Gasteiger partial charge in [0.05, 0.1) is 18.8 Å². The second kappa shape index (κ2) is 8.68. The number of rotatable bonds is 6. The van der Waals surface area contributed by atoms with Crippen molar-refractivity contribution in [1.82, 2.24) is 4.90 Å². The highest BCUT2D eigenvalue weighted by Crippen LogP contribution is 2.24. The van der Waals surface area contributed by atoms with Crippen molar-refractivity contribution in [2.75, 3.05) is 30.8 Å². The predicted molar refractivity (Wildman–Crippen MR) is 106 cm³/mol. The average molecular weight is 367 g/mol. The third kappa shape index (κ3) is 4.65. The van der Waals surface area contributed by atoms with E-state index in [2.05, 4.69) is 15.5 Å². The van der Waals surface area contributed by atoms with Gasteiger partial charge in [-0.2, -0.15) is 0 Å². The number of methoxy groups -OCH3 is 1. The molecule has 2 N–H and O–H groups in total. The molecule has 1 aliphatic rings. The number of likely N-dealkylation sites (tertiary alicyclic amines) is 1.